The average molecular weight is 728 g/mol. The molecule has 4 N–H and O–H groups in total. The Labute approximate surface area is 300 Å². The fraction of sp³-hybridized carbons (Fsp3) is 0.579. The number of rotatable bonds is 10. The molecule has 0 radical (unpaired) electrons. The van der Waals surface area contributed by atoms with Crippen LogP contribution in [-0.4, -0.2) is 63.1 Å². The molecule has 4 amide bonds. The van der Waals surface area contributed by atoms with Crippen LogP contribution in [-0.2, 0) is 24.3 Å². The number of alkyl halides is 1. The summed E-state index contributed by atoms with van der Waals surface area (Å²) in [4.78, 5) is 53.9. The molecule has 1 heterocycles. The molecule has 3 aliphatic rings. The molecule has 1 unspecified atom stereocenters. The van der Waals surface area contributed by atoms with Crippen LogP contribution in [0.25, 0.3) is 0 Å². The minimum atomic E-state index is -4.11. The van der Waals surface area contributed by atoms with Crippen molar-refractivity contribution in [2.75, 3.05) is 13.2 Å². The second-order valence-corrected chi connectivity index (χ2v) is 17.1. The highest BCUT2D eigenvalue weighted by Crippen LogP contribution is 2.47. The number of primary amides is 1. The number of carbonyl (C=O) groups is 4. The number of hydrogen-bond donors (Lipinski definition) is 3. The summed E-state index contributed by atoms with van der Waals surface area (Å²) in [7, 11) is -4.11. The van der Waals surface area contributed by atoms with E-state index in [2.05, 4.69) is 10.0 Å². The lowest BCUT2D eigenvalue weighted by Crippen LogP contribution is -2.65. The van der Waals surface area contributed by atoms with Crippen LogP contribution in [0.2, 0.25) is 0 Å². The molecule has 4 atom stereocenters. The molecule has 5 rings (SSSR count). The lowest BCUT2D eigenvalue weighted by Gasteiger charge is -2.42. The molecule has 0 spiro atoms. The summed E-state index contributed by atoms with van der Waals surface area (Å²) < 4.78 is 47.0. The number of quaternary nitrogens is 1. The number of alkyl carbamates (subject to hydrolysis) is 1. The summed E-state index contributed by atoms with van der Waals surface area (Å²) >= 11 is 0. The molecule has 2 aromatic carbocycles. The highest BCUT2D eigenvalue weighted by Gasteiger charge is 2.60. The van der Waals surface area contributed by atoms with Gasteiger partial charge in [0.1, 0.15) is 18.0 Å². The largest absolute Gasteiger partial charge is 0.444 e. The van der Waals surface area contributed by atoms with Crippen LogP contribution in [0.4, 0.5) is 14.9 Å². The lowest BCUT2D eigenvalue weighted by molar-refractivity contribution is -0.142. The first-order valence-electron chi connectivity index (χ1n) is 18.2. The Bertz CT molecular complexity index is 1670. The van der Waals surface area contributed by atoms with Gasteiger partial charge in [0, 0.05) is 30.0 Å². The van der Waals surface area contributed by atoms with Crippen LogP contribution in [0.1, 0.15) is 95.3 Å². The van der Waals surface area contributed by atoms with Gasteiger partial charge in [-0.15, -0.1) is 0 Å². The number of likely N-dealkylation sites (tertiary alicyclic amines) is 1. The Morgan fingerprint density at radius 3 is 2.10 bits per heavy atom. The van der Waals surface area contributed by atoms with Gasteiger partial charge in [-0.1, -0.05) is 37.5 Å². The Hall–Kier alpha value is -3.84. The SMILES string of the molecule is CC(C)(C)OC(=O)N[C@H](CF)[C@H]1CC[C@H](C(=O)[N+]2(c3ccc(C(=O)NS(=O)(=O)c4ccccc4)cc3)CC[C@@H](C3CCCCC3)[C@H]2C(N)=O)CC1. The molecule has 13 heteroatoms. The quantitative estimate of drug-likeness (QED) is 0.262. The average Bonchev–Trinajstić information content (AvgIpc) is 3.52. The van der Waals surface area contributed by atoms with E-state index in [1.54, 1.807) is 51.1 Å². The van der Waals surface area contributed by atoms with Crippen LogP contribution < -0.4 is 20.3 Å². The molecular formula is C38H52FN4O7S+. The third-order valence-electron chi connectivity index (χ3n) is 11.1. The van der Waals surface area contributed by atoms with Gasteiger partial charge in [-0.25, -0.2) is 31.6 Å². The van der Waals surface area contributed by atoms with E-state index in [9.17, 15) is 32.0 Å². The third-order valence-corrected chi connectivity index (χ3v) is 12.4. The van der Waals surface area contributed by atoms with Crippen molar-refractivity contribution in [1.29, 1.82) is 0 Å². The number of nitrogens with two attached hydrogens (primary N) is 1. The molecule has 1 aliphatic heterocycles. The summed E-state index contributed by atoms with van der Waals surface area (Å²) in [6.07, 6.45) is 7.07. The van der Waals surface area contributed by atoms with Gasteiger partial charge < -0.3 is 15.8 Å². The topological polar surface area (TPSA) is 162 Å². The summed E-state index contributed by atoms with van der Waals surface area (Å²) in [5.41, 5.74) is 6.10. The number of nitrogens with one attached hydrogen (secondary N) is 2. The Morgan fingerprint density at radius 1 is 0.902 bits per heavy atom. The van der Waals surface area contributed by atoms with E-state index in [4.69, 9.17) is 10.5 Å². The Kier molecular flexibility index (Phi) is 11.9. The van der Waals surface area contributed by atoms with Gasteiger partial charge in [0.15, 0.2) is 6.04 Å². The number of nitrogens with zero attached hydrogens (tertiary/aromatic N) is 1. The number of hydrogen-bond acceptors (Lipinski definition) is 7. The van der Waals surface area contributed by atoms with Crippen molar-refractivity contribution in [3.63, 3.8) is 0 Å². The Morgan fingerprint density at radius 2 is 1.53 bits per heavy atom. The fourth-order valence-electron chi connectivity index (χ4n) is 8.68. The highest BCUT2D eigenvalue weighted by molar-refractivity contribution is 7.90. The first kappa shape index (κ1) is 38.4. The molecule has 11 nitrogen and oxygen atoms in total. The number of carbonyl (C=O) groups excluding carboxylic acids is 4. The predicted octanol–water partition coefficient (Wildman–Crippen LogP) is 5.76. The van der Waals surface area contributed by atoms with Gasteiger partial charge in [-0.2, -0.15) is 0 Å². The second kappa shape index (κ2) is 15.8. The van der Waals surface area contributed by atoms with E-state index in [0.717, 1.165) is 32.1 Å². The van der Waals surface area contributed by atoms with Gasteiger partial charge in [0.2, 0.25) is 0 Å². The minimum Gasteiger partial charge on any atom is -0.444 e. The molecule has 3 fully saturated rings. The van der Waals surface area contributed by atoms with E-state index < -0.39 is 58.2 Å². The van der Waals surface area contributed by atoms with E-state index in [1.807, 2.05) is 0 Å². The van der Waals surface area contributed by atoms with Gasteiger partial charge >= 0.3 is 12.0 Å². The second-order valence-electron chi connectivity index (χ2n) is 15.4. The smallest absolute Gasteiger partial charge is 0.407 e. The molecule has 278 valence electrons. The van der Waals surface area contributed by atoms with E-state index in [0.29, 0.717) is 44.3 Å². The number of ether oxygens (including phenoxy) is 1. The highest BCUT2D eigenvalue weighted by atomic mass is 32.2. The first-order chi connectivity index (χ1) is 24.2. The van der Waals surface area contributed by atoms with Crippen LogP contribution in [0.3, 0.4) is 0 Å². The summed E-state index contributed by atoms with van der Waals surface area (Å²) in [6, 6.07) is 12.3. The number of halogens is 1. The number of sulfonamides is 1. The van der Waals surface area contributed by atoms with Crippen molar-refractivity contribution in [1.82, 2.24) is 14.5 Å². The minimum absolute atomic E-state index is 0.0478. The number of amides is 4. The fourth-order valence-corrected chi connectivity index (χ4v) is 9.67. The molecule has 2 saturated carbocycles. The summed E-state index contributed by atoms with van der Waals surface area (Å²) in [6.45, 7) is 4.82. The van der Waals surface area contributed by atoms with Crippen LogP contribution in [0.15, 0.2) is 59.5 Å². The number of benzene rings is 2. The molecular weight excluding hydrogens is 676 g/mol. The summed E-state index contributed by atoms with van der Waals surface area (Å²) in [5, 5.41) is 2.67. The van der Waals surface area contributed by atoms with E-state index >= 15 is 0 Å². The van der Waals surface area contributed by atoms with E-state index in [1.165, 1.54) is 24.3 Å². The van der Waals surface area contributed by atoms with Crippen molar-refractivity contribution in [2.45, 2.75) is 108 Å². The molecule has 2 aromatic rings. The zero-order valence-electron chi connectivity index (χ0n) is 29.8. The van der Waals surface area contributed by atoms with Crippen molar-refractivity contribution < 1.29 is 36.7 Å². The summed E-state index contributed by atoms with van der Waals surface area (Å²) in [5.74, 6) is -1.94. The standard InChI is InChI=1S/C38H51FN4O7S/c1-38(2,3)50-37(47)41-32(24-39)26-14-16-28(17-15-26)36(46)43(23-22-31(33(43)34(40)44)25-10-6-4-7-11-25)29-20-18-27(19-21-29)35(45)42-51(48,49)30-12-8-5-9-13-30/h5,8-9,12-13,18-21,25-26,28,31-33H,4,6-7,10-11,14-17,22-24H2,1-3H3,(H3-,40,41,42,44,45,47)/p+1/t26-,28-,31-,32+,33-,43?/m0/s1. The van der Waals surface area contributed by atoms with Gasteiger partial charge in [0.05, 0.1) is 23.4 Å². The van der Waals surface area contributed by atoms with Crippen molar-refractivity contribution in [3.05, 3.63) is 60.2 Å². The van der Waals surface area contributed by atoms with Crippen molar-refractivity contribution >= 4 is 39.5 Å². The van der Waals surface area contributed by atoms with Crippen LogP contribution in [0, 0.1) is 23.7 Å². The molecule has 1 saturated heterocycles. The monoisotopic (exact) mass is 727 g/mol. The van der Waals surface area contributed by atoms with Gasteiger partial charge in [-0.05, 0) is 95.4 Å². The maximum Gasteiger partial charge on any atom is 0.407 e. The molecule has 0 bridgehead atoms. The lowest BCUT2D eigenvalue weighted by atomic mass is 9.75. The van der Waals surface area contributed by atoms with E-state index in [-0.39, 0.29) is 38.6 Å². The van der Waals surface area contributed by atoms with Gasteiger partial charge in [-0.3, -0.25) is 9.59 Å². The van der Waals surface area contributed by atoms with Crippen LogP contribution in [0.5, 0.6) is 0 Å². The predicted molar refractivity (Wildman–Crippen MR) is 191 cm³/mol. The normalized spacial score (nSPS) is 26.5. The zero-order chi connectivity index (χ0) is 37.0. The maximum absolute atomic E-state index is 15.0. The third kappa shape index (κ3) is 8.63. The van der Waals surface area contributed by atoms with Crippen molar-refractivity contribution in [2.24, 2.45) is 29.4 Å². The molecule has 2 aliphatic carbocycles. The van der Waals surface area contributed by atoms with Gasteiger partial charge in [0.25, 0.3) is 21.8 Å². The Balaban J connectivity index is 1.40. The zero-order valence-corrected chi connectivity index (χ0v) is 30.6. The van der Waals surface area contributed by atoms with Crippen LogP contribution >= 0.6 is 0 Å². The maximum atomic E-state index is 15.0. The van der Waals surface area contributed by atoms with Crippen molar-refractivity contribution in [3.8, 4) is 0 Å². The molecule has 0 aromatic heterocycles. The molecule has 51 heavy (non-hydrogen) atoms. The first-order valence-corrected chi connectivity index (χ1v) is 19.6.